The van der Waals surface area contributed by atoms with Crippen LogP contribution in [0.25, 0.3) is 0 Å². The second-order valence-corrected chi connectivity index (χ2v) is 5.58. The zero-order chi connectivity index (χ0) is 14.6. The second kappa shape index (κ2) is 7.24. The van der Waals surface area contributed by atoms with Gasteiger partial charge in [0.05, 0.1) is 18.3 Å². The third-order valence-corrected chi connectivity index (χ3v) is 2.79. The Morgan fingerprint density at radius 1 is 1.33 bits per heavy atom. The third-order valence-electron chi connectivity index (χ3n) is 2.79. The van der Waals surface area contributed by atoms with Gasteiger partial charge in [-0.1, -0.05) is 30.3 Å². The molecule has 0 saturated heterocycles. The van der Waals surface area contributed by atoms with Gasteiger partial charge in [0.1, 0.15) is 0 Å². The number of nitrogens with two attached hydrogens (primary N) is 1. The molecular weight excluding hydrogens is 288 g/mol. The van der Waals surface area contributed by atoms with Gasteiger partial charge in [-0.25, -0.2) is 0 Å². The summed E-state index contributed by atoms with van der Waals surface area (Å²) in [6.45, 7) is 4.81. The Bertz CT molecular complexity index is 575. The molecule has 5 nitrogen and oxygen atoms in total. The molecule has 0 unspecified atom stereocenters. The van der Waals surface area contributed by atoms with Gasteiger partial charge in [-0.3, -0.25) is 9.48 Å². The van der Waals surface area contributed by atoms with Gasteiger partial charge in [0.2, 0.25) is 0 Å². The summed E-state index contributed by atoms with van der Waals surface area (Å²) in [4.78, 5) is 11.9. The highest BCUT2D eigenvalue weighted by Crippen LogP contribution is 2.04. The number of nitrogens with zero attached hydrogens (tertiary/aromatic N) is 2. The number of carbonyl (C=O) groups is 1. The molecule has 0 radical (unpaired) electrons. The minimum absolute atomic E-state index is 0. The molecule has 0 fully saturated rings. The summed E-state index contributed by atoms with van der Waals surface area (Å²) in [7, 11) is 0. The molecule has 114 valence electrons. The molecule has 6 heteroatoms. The standard InChI is InChI=1S/C15H20N4O.ClH/c1-15(2,16)11-17-14(20)13-8-18-19(10-13)9-12-6-4-3-5-7-12;/h3-8,10H,9,11,16H2,1-2H3,(H,17,20);1H. The molecule has 2 rings (SSSR count). The van der Waals surface area contributed by atoms with Crippen molar-refractivity contribution >= 4 is 18.3 Å². The lowest BCUT2D eigenvalue weighted by Gasteiger charge is -2.18. The highest BCUT2D eigenvalue weighted by molar-refractivity contribution is 5.93. The first kappa shape index (κ1) is 17.2. The van der Waals surface area contributed by atoms with Gasteiger partial charge in [0, 0.05) is 18.3 Å². The van der Waals surface area contributed by atoms with Crippen LogP contribution < -0.4 is 11.1 Å². The van der Waals surface area contributed by atoms with Gasteiger partial charge in [-0.05, 0) is 19.4 Å². The monoisotopic (exact) mass is 308 g/mol. The lowest BCUT2D eigenvalue weighted by atomic mass is 10.1. The Labute approximate surface area is 130 Å². The second-order valence-electron chi connectivity index (χ2n) is 5.58. The molecule has 2 aromatic rings. The quantitative estimate of drug-likeness (QED) is 0.885. The lowest BCUT2D eigenvalue weighted by Crippen LogP contribution is -2.45. The number of halogens is 1. The fourth-order valence-corrected chi connectivity index (χ4v) is 1.75. The topological polar surface area (TPSA) is 72.9 Å². The fraction of sp³-hybridized carbons (Fsp3) is 0.333. The molecular formula is C15H21ClN4O. The first-order valence-electron chi connectivity index (χ1n) is 6.57. The van der Waals surface area contributed by atoms with Crippen LogP contribution in [-0.2, 0) is 6.54 Å². The number of hydrogen-bond donors (Lipinski definition) is 2. The predicted octanol–water partition coefficient (Wildman–Crippen LogP) is 1.82. The van der Waals surface area contributed by atoms with E-state index in [9.17, 15) is 4.79 Å². The van der Waals surface area contributed by atoms with Gasteiger partial charge in [0.15, 0.2) is 0 Å². The Morgan fingerprint density at radius 3 is 2.62 bits per heavy atom. The van der Waals surface area contributed by atoms with Crippen molar-refractivity contribution in [1.29, 1.82) is 0 Å². The first-order valence-corrected chi connectivity index (χ1v) is 6.57. The van der Waals surface area contributed by atoms with Gasteiger partial charge in [-0.15, -0.1) is 12.4 Å². The van der Waals surface area contributed by atoms with Crippen LogP contribution in [0.3, 0.4) is 0 Å². The van der Waals surface area contributed by atoms with Crippen molar-refractivity contribution in [3.05, 3.63) is 53.9 Å². The van der Waals surface area contributed by atoms with Crippen molar-refractivity contribution in [3.8, 4) is 0 Å². The van der Waals surface area contributed by atoms with Crippen molar-refractivity contribution in [3.63, 3.8) is 0 Å². The zero-order valence-electron chi connectivity index (χ0n) is 12.2. The van der Waals surface area contributed by atoms with Crippen molar-refractivity contribution in [2.24, 2.45) is 5.73 Å². The van der Waals surface area contributed by atoms with E-state index in [-0.39, 0.29) is 18.3 Å². The van der Waals surface area contributed by atoms with Crippen molar-refractivity contribution in [1.82, 2.24) is 15.1 Å². The maximum absolute atomic E-state index is 11.9. The average Bonchev–Trinajstić information content (AvgIpc) is 2.85. The normalized spacial score (nSPS) is 10.8. The largest absolute Gasteiger partial charge is 0.350 e. The number of aromatic nitrogens is 2. The highest BCUT2D eigenvalue weighted by atomic mass is 35.5. The minimum atomic E-state index is -0.421. The van der Waals surface area contributed by atoms with E-state index in [0.717, 1.165) is 5.56 Å². The Balaban J connectivity index is 0.00000220. The molecule has 1 amide bonds. The van der Waals surface area contributed by atoms with E-state index in [2.05, 4.69) is 10.4 Å². The zero-order valence-corrected chi connectivity index (χ0v) is 13.1. The summed E-state index contributed by atoms with van der Waals surface area (Å²) in [6.07, 6.45) is 3.31. The van der Waals surface area contributed by atoms with Crippen molar-refractivity contribution < 1.29 is 4.79 Å². The lowest BCUT2D eigenvalue weighted by molar-refractivity contribution is 0.0946. The van der Waals surface area contributed by atoms with E-state index >= 15 is 0 Å². The van der Waals surface area contributed by atoms with Gasteiger partial charge >= 0.3 is 0 Å². The fourth-order valence-electron chi connectivity index (χ4n) is 1.75. The molecule has 3 N–H and O–H groups in total. The summed E-state index contributed by atoms with van der Waals surface area (Å²) >= 11 is 0. The van der Waals surface area contributed by atoms with E-state index < -0.39 is 5.54 Å². The van der Waals surface area contributed by atoms with Gasteiger partial charge in [0.25, 0.3) is 5.91 Å². The molecule has 1 aromatic carbocycles. The molecule has 0 aliphatic carbocycles. The van der Waals surface area contributed by atoms with Crippen LogP contribution in [0.15, 0.2) is 42.7 Å². The molecule has 0 aliphatic rings. The number of benzene rings is 1. The molecule has 0 spiro atoms. The van der Waals surface area contributed by atoms with Gasteiger partial charge < -0.3 is 11.1 Å². The van der Waals surface area contributed by atoms with Crippen LogP contribution in [0, 0.1) is 0 Å². The Morgan fingerprint density at radius 2 is 2.00 bits per heavy atom. The molecule has 0 atom stereocenters. The number of amides is 1. The molecule has 0 aliphatic heterocycles. The van der Waals surface area contributed by atoms with Crippen LogP contribution >= 0.6 is 12.4 Å². The maximum Gasteiger partial charge on any atom is 0.254 e. The Kier molecular flexibility index (Phi) is 5.93. The summed E-state index contributed by atoms with van der Waals surface area (Å²) < 4.78 is 1.75. The molecule has 1 aromatic heterocycles. The van der Waals surface area contributed by atoms with E-state index in [4.69, 9.17) is 5.73 Å². The average molecular weight is 309 g/mol. The molecule has 0 bridgehead atoms. The first-order chi connectivity index (χ1) is 9.44. The number of nitrogens with one attached hydrogen (secondary N) is 1. The van der Waals surface area contributed by atoms with E-state index in [1.54, 1.807) is 17.1 Å². The summed E-state index contributed by atoms with van der Waals surface area (Å²) in [5.74, 6) is -0.150. The van der Waals surface area contributed by atoms with Crippen LogP contribution in [0.2, 0.25) is 0 Å². The predicted molar refractivity (Wildman–Crippen MR) is 85.6 cm³/mol. The number of rotatable bonds is 5. The van der Waals surface area contributed by atoms with Crippen LogP contribution in [0.1, 0.15) is 29.8 Å². The Hall–Kier alpha value is -1.85. The van der Waals surface area contributed by atoms with Crippen molar-refractivity contribution in [2.75, 3.05) is 6.54 Å². The van der Waals surface area contributed by atoms with Crippen LogP contribution in [0.4, 0.5) is 0 Å². The summed E-state index contributed by atoms with van der Waals surface area (Å²) in [5, 5.41) is 7.00. The van der Waals surface area contributed by atoms with Crippen molar-refractivity contribution in [2.45, 2.75) is 25.9 Å². The van der Waals surface area contributed by atoms with E-state index in [0.29, 0.717) is 18.7 Å². The summed E-state index contributed by atoms with van der Waals surface area (Å²) in [6, 6.07) is 9.99. The van der Waals surface area contributed by atoms with E-state index in [1.807, 2.05) is 44.2 Å². The number of carbonyl (C=O) groups excluding carboxylic acids is 1. The smallest absolute Gasteiger partial charge is 0.254 e. The highest BCUT2D eigenvalue weighted by Gasteiger charge is 2.14. The molecule has 21 heavy (non-hydrogen) atoms. The van der Waals surface area contributed by atoms with Crippen LogP contribution in [0.5, 0.6) is 0 Å². The minimum Gasteiger partial charge on any atom is -0.350 e. The molecule has 0 saturated carbocycles. The summed E-state index contributed by atoms with van der Waals surface area (Å²) in [5.41, 5.74) is 7.10. The maximum atomic E-state index is 11.9. The van der Waals surface area contributed by atoms with Crippen LogP contribution in [-0.4, -0.2) is 27.8 Å². The van der Waals surface area contributed by atoms with Gasteiger partial charge in [-0.2, -0.15) is 5.10 Å². The third kappa shape index (κ3) is 5.57. The van der Waals surface area contributed by atoms with E-state index in [1.165, 1.54) is 0 Å². The number of hydrogen-bond acceptors (Lipinski definition) is 3. The SMILES string of the molecule is CC(C)(N)CNC(=O)c1cnn(Cc2ccccc2)c1.Cl. The molecule has 1 heterocycles.